The smallest absolute Gasteiger partial charge is 0.0595 e. The Hall–Kier alpha value is -0.900. The van der Waals surface area contributed by atoms with Crippen molar-refractivity contribution in [2.45, 2.75) is 19.9 Å². The monoisotopic (exact) mass is 338 g/mol. The van der Waals surface area contributed by atoms with E-state index in [2.05, 4.69) is 46.1 Å². The molecule has 0 saturated heterocycles. The summed E-state index contributed by atoms with van der Waals surface area (Å²) in [5.41, 5.74) is 3.54. The van der Waals surface area contributed by atoms with Crippen LogP contribution in [0.4, 0.5) is 0 Å². The van der Waals surface area contributed by atoms with Crippen LogP contribution < -0.4 is 5.32 Å². The molecule has 1 atom stereocenters. The van der Waals surface area contributed by atoms with Gasteiger partial charge in [-0.3, -0.25) is 4.98 Å². The van der Waals surface area contributed by atoms with Gasteiger partial charge in [0.1, 0.15) is 0 Å². The maximum absolute atomic E-state index is 6.15. The van der Waals surface area contributed by atoms with E-state index in [1.165, 1.54) is 11.1 Å². The second-order valence-corrected chi connectivity index (χ2v) is 5.78. The quantitative estimate of drug-likeness (QED) is 0.887. The fourth-order valence-corrected chi connectivity index (χ4v) is 3.02. The van der Waals surface area contributed by atoms with Crippen LogP contribution in [0, 0.1) is 6.92 Å². The zero-order valence-electron chi connectivity index (χ0n) is 11.0. The van der Waals surface area contributed by atoms with Gasteiger partial charge in [-0.25, -0.2) is 0 Å². The minimum Gasteiger partial charge on any atom is -0.306 e. The predicted molar refractivity (Wildman–Crippen MR) is 83.6 cm³/mol. The van der Waals surface area contributed by atoms with Crippen molar-refractivity contribution in [2.75, 3.05) is 6.54 Å². The summed E-state index contributed by atoms with van der Waals surface area (Å²) in [6, 6.07) is 8.11. The first-order chi connectivity index (χ1) is 9.11. The van der Waals surface area contributed by atoms with Gasteiger partial charge in [0.15, 0.2) is 0 Å². The molecule has 1 heterocycles. The number of rotatable bonds is 4. The molecule has 0 aliphatic heterocycles. The van der Waals surface area contributed by atoms with Gasteiger partial charge >= 0.3 is 0 Å². The molecule has 19 heavy (non-hydrogen) atoms. The van der Waals surface area contributed by atoms with Crippen molar-refractivity contribution in [1.82, 2.24) is 10.3 Å². The Morgan fingerprint density at radius 2 is 2.16 bits per heavy atom. The van der Waals surface area contributed by atoms with E-state index in [1.807, 2.05) is 30.6 Å². The number of hydrogen-bond acceptors (Lipinski definition) is 2. The highest BCUT2D eigenvalue weighted by Gasteiger charge is 2.16. The Bertz CT molecular complexity index is 552. The van der Waals surface area contributed by atoms with Crippen molar-refractivity contribution in [3.63, 3.8) is 0 Å². The maximum atomic E-state index is 6.15. The van der Waals surface area contributed by atoms with E-state index in [0.29, 0.717) is 0 Å². The van der Waals surface area contributed by atoms with E-state index >= 15 is 0 Å². The Morgan fingerprint density at radius 3 is 2.79 bits per heavy atom. The molecule has 100 valence electrons. The topological polar surface area (TPSA) is 24.9 Å². The van der Waals surface area contributed by atoms with Gasteiger partial charge in [0.2, 0.25) is 0 Å². The lowest BCUT2D eigenvalue weighted by Gasteiger charge is -2.21. The van der Waals surface area contributed by atoms with E-state index < -0.39 is 0 Å². The molecular weight excluding hydrogens is 324 g/mol. The average molecular weight is 340 g/mol. The fraction of sp³-hybridized carbons (Fsp3) is 0.267. The van der Waals surface area contributed by atoms with E-state index in [1.54, 1.807) is 0 Å². The third-order valence-electron chi connectivity index (χ3n) is 3.02. The number of pyridine rings is 1. The number of benzene rings is 1. The third-order valence-corrected chi connectivity index (χ3v) is 3.69. The number of aromatic nitrogens is 1. The average Bonchev–Trinajstić information content (AvgIpc) is 2.36. The highest BCUT2D eigenvalue weighted by atomic mass is 79.9. The molecule has 0 spiro atoms. The van der Waals surface area contributed by atoms with Gasteiger partial charge in [0, 0.05) is 21.9 Å². The standard InChI is InChI=1S/C15H16BrClN2/c1-3-19-15(14-9-18-5-4-10(14)2)11-6-12(16)8-13(17)7-11/h4-9,15,19H,3H2,1-2H3. The van der Waals surface area contributed by atoms with Gasteiger partial charge in [-0.1, -0.05) is 34.5 Å². The summed E-state index contributed by atoms with van der Waals surface area (Å²) in [7, 11) is 0. The molecule has 2 aromatic rings. The van der Waals surface area contributed by atoms with Crippen molar-refractivity contribution in [2.24, 2.45) is 0 Å². The SMILES string of the molecule is CCNC(c1cc(Cl)cc(Br)c1)c1cnccc1C. The lowest BCUT2D eigenvalue weighted by molar-refractivity contribution is 0.625. The summed E-state index contributed by atoms with van der Waals surface area (Å²) in [5.74, 6) is 0. The lowest BCUT2D eigenvalue weighted by Crippen LogP contribution is -2.23. The molecule has 2 rings (SSSR count). The van der Waals surface area contributed by atoms with Crippen LogP contribution in [-0.4, -0.2) is 11.5 Å². The molecule has 4 heteroatoms. The molecule has 0 aliphatic rings. The van der Waals surface area contributed by atoms with Crippen LogP contribution >= 0.6 is 27.5 Å². The molecule has 0 fully saturated rings. The highest BCUT2D eigenvalue weighted by molar-refractivity contribution is 9.10. The van der Waals surface area contributed by atoms with Crippen molar-refractivity contribution in [1.29, 1.82) is 0 Å². The first-order valence-corrected chi connectivity index (χ1v) is 7.38. The zero-order valence-corrected chi connectivity index (χ0v) is 13.3. The van der Waals surface area contributed by atoms with Crippen LogP contribution in [0.5, 0.6) is 0 Å². The van der Waals surface area contributed by atoms with Gasteiger partial charge in [0.25, 0.3) is 0 Å². The molecule has 0 saturated carbocycles. The minimum atomic E-state index is 0.105. The van der Waals surface area contributed by atoms with Crippen molar-refractivity contribution in [3.8, 4) is 0 Å². The lowest BCUT2D eigenvalue weighted by atomic mass is 9.97. The van der Waals surface area contributed by atoms with Gasteiger partial charge < -0.3 is 5.32 Å². The van der Waals surface area contributed by atoms with Gasteiger partial charge in [-0.05, 0) is 54.4 Å². The number of halogens is 2. The largest absolute Gasteiger partial charge is 0.306 e. The molecule has 1 N–H and O–H groups in total. The summed E-state index contributed by atoms with van der Waals surface area (Å²) >= 11 is 9.64. The Morgan fingerprint density at radius 1 is 1.37 bits per heavy atom. The second kappa shape index (κ2) is 6.51. The van der Waals surface area contributed by atoms with Crippen LogP contribution in [0.1, 0.15) is 29.7 Å². The van der Waals surface area contributed by atoms with E-state index in [4.69, 9.17) is 11.6 Å². The maximum Gasteiger partial charge on any atom is 0.0595 e. The Labute approximate surface area is 127 Å². The van der Waals surface area contributed by atoms with Gasteiger partial charge in [-0.15, -0.1) is 0 Å². The molecule has 1 aromatic heterocycles. The molecule has 1 unspecified atom stereocenters. The van der Waals surface area contributed by atoms with E-state index in [9.17, 15) is 0 Å². The summed E-state index contributed by atoms with van der Waals surface area (Å²) in [4.78, 5) is 4.23. The number of aryl methyl sites for hydroxylation is 1. The van der Waals surface area contributed by atoms with Crippen LogP contribution in [0.25, 0.3) is 0 Å². The molecule has 0 bridgehead atoms. The molecule has 0 aliphatic carbocycles. The molecular formula is C15H16BrClN2. The van der Waals surface area contributed by atoms with E-state index in [-0.39, 0.29) is 6.04 Å². The zero-order chi connectivity index (χ0) is 13.8. The fourth-order valence-electron chi connectivity index (χ4n) is 2.13. The second-order valence-electron chi connectivity index (χ2n) is 4.43. The van der Waals surface area contributed by atoms with Crippen LogP contribution in [-0.2, 0) is 0 Å². The Kier molecular flexibility index (Phi) is 4.97. The van der Waals surface area contributed by atoms with E-state index in [0.717, 1.165) is 21.6 Å². The summed E-state index contributed by atoms with van der Waals surface area (Å²) < 4.78 is 0.986. The van der Waals surface area contributed by atoms with Crippen molar-refractivity contribution in [3.05, 3.63) is 62.8 Å². The number of nitrogens with zero attached hydrogens (tertiary/aromatic N) is 1. The van der Waals surface area contributed by atoms with Crippen molar-refractivity contribution < 1.29 is 0 Å². The first kappa shape index (κ1) is 14.5. The summed E-state index contributed by atoms with van der Waals surface area (Å²) in [6.07, 6.45) is 3.73. The number of nitrogens with one attached hydrogen (secondary N) is 1. The molecule has 0 radical (unpaired) electrons. The molecule has 1 aromatic carbocycles. The van der Waals surface area contributed by atoms with Gasteiger partial charge in [0.05, 0.1) is 6.04 Å². The molecule has 2 nitrogen and oxygen atoms in total. The van der Waals surface area contributed by atoms with Gasteiger partial charge in [-0.2, -0.15) is 0 Å². The predicted octanol–water partition coefficient (Wildman–Crippen LogP) is 4.50. The summed E-state index contributed by atoms with van der Waals surface area (Å²) in [6.45, 7) is 5.07. The van der Waals surface area contributed by atoms with Crippen LogP contribution in [0.15, 0.2) is 41.1 Å². The molecule has 0 amide bonds. The minimum absolute atomic E-state index is 0.105. The highest BCUT2D eigenvalue weighted by Crippen LogP contribution is 2.29. The van der Waals surface area contributed by atoms with Crippen LogP contribution in [0.3, 0.4) is 0 Å². The van der Waals surface area contributed by atoms with Crippen molar-refractivity contribution >= 4 is 27.5 Å². The van der Waals surface area contributed by atoms with Crippen LogP contribution in [0.2, 0.25) is 5.02 Å². The Balaban J connectivity index is 2.48. The normalized spacial score (nSPS) is 12.4. The third kappa shape index (κ3) is 3.56. The summed E-state index contributed by atoms with van der Waals surface area (Å²) in [5, 5.41) is 4.22. The first-order valence-electron chi connectivity index (χ1n) is 6.21. The number of hydrogen-bond donors (Lipinski definition) is 1.